The molecule has 1 unspecified atom stereocenters. The number of likely N-dealkylation sites (N-methyl/N-ethyl adjacent to an activating group) is 1. The molecule has 1 saturated heterocycles. The molecule has 1 aliphatic heterocycles. The summed E-state index contributed by atoms with van der Waals surface area (Å²) in [6.45, 7) is 2.29. The fourth-order valence-corrected chi connectivity index (χ4v) is 1.99. The highest BCUT2D eigenvalue weighted by Gasteiger charge is 2.25. The zero-order chi connectivity index (χ0) is 13.0. The van der Waals surface area contributed by atoms with E-state index in [0.29, 0.717) is 26.2 Å². The highest BCUT2D eigenvalue weighted by Crippen LogP contribution is 2.18. The Balaban J connectivity index is 2.07. The van der Waals surface area contributed by atoms with Gasteiger partial charge in [-0.2, -0.15) is 0 Å². The second-order valence-electron chi connectivity index (χ2n) is 4.19. The van der Waals surface area contributed by atoms with Gasteiger partial charge in [0, 0.05) is 25.8 Å². The number of rotatable bonds is 3. The van der Waals surface area contributed by atoms with E-state index in [-0.39, 0.29) is 23.3 Å². The molecule has 98 valence electrons. The minimum absolute atomic E-state index is 0.00307. The number of carbonyl (C=O) groups excluding carboxylic acids is 1. The zero-order valence-corrected chi connectivity index (χ0v) is 10.3. The van der Waals surface area contributed by atoms with Gasteiger partial charge in [-0.3, -0.25) is 9.78 Å². The number of ether oxygens (including phenoxy) is 1. The van der Waals surface area contributed by atoms with Gasteiger partial charge in [0.1, 0.15) is 5.75 Å². The van der Waals surface area contributed by atoms with E-state index in [1.807, 2.05) is 7.05 Å². The van der Waals surface area contributed by atoms with Crippen LogP contribution in [0.2, 0.25) is 0 Å². The van der Waals surface area contributed by atoms with Gasteiger partial charge in [-0.1, -0.05) is 0 Å². The van der Waals surface area contributed by atoms with Crippen LogP contribution in [-0.4, -0.2) is 60.3 Å². The lowest BCUT2D eigenvalue weighted by Crippen LogP contribution is -2.48. The first-order valence-electron chi connectivity index (χ1n) is 5.91. The summed E-state index contributed by atoms with van der Waals surface area (Å²) < 4.78 is 5.53. The maximum atomic E-state index is 12.2. The van der Waals surface area contributed by atoms with E-state index >= 15 is 0 Å². The van der Waals surface area contributed by atoms with Crippen molar-refractivity contribution in [3.63, 3.8) is 0 Å². The van der Waals surface area contributed by atoms with Crippen molar-refractivity contribution in [3.8, 4) is 5.75 Å². The van der Waals surface area contributed by atoms with Crippen molar-refractivity contribution in [2.24, 2.45) is 0 Å². The minimum Gasteiger partial charge on any atom is -0.505 e. The summed E-state index contributed by atoms with van der Waals surface area (Å²) in [5.74, 6) is -0.265. The number of carbonyl (C=O) groups is 1. The van der Waals surface area contributed by atoms with Gasteiger partial charge in [-0.15, -0.1) is 0 Å². The van der Waals surface area contributed by atoms with Gasteiger partial charge in [-0.05, 0) is 13.1 Å². The molecule has 1 aromatic rings. The van der Waals surface area contributed by atoms with E-state index < -0.39 is 0 Å². The molecule has 1 amide bonds. The van der Waals surface area contributed by atoms with Gasteiger partial charge in [0.05, 0.1) is 24.5 Å². The molecule has 6 heteroatoms. The van der Waals surface area contributed by atoms with Crippen molar-refractivity contribution in [2.45, 2.75) is 6.10 Å². The molecule has 2 N–H and O–H groups in total. The molecule has 1 fully saturated rings. The van der Waals surface area contributed by atoms with Crippen LogP contribution in [0, 0.1) is 0 Å². The lowest BCUT2D eigenvalue weighted by Gasteiger charge is -2.33. The second kappa shape index (κ2) is 5.79. The zero-order valence-electron chi connectivity index (χ0n) is 10.3. The first-order chi connectivity index (χ1) is 8.72. The normalized spacial score (nSPS) is 19.8. The summed E-state index contributed by atoms with van der Waals surface area (Å²) in [7, 11) is 1.85. The summed E-state index contributed by atoms with van der Waals surface area (Å²) in [5, 5.41) is 12.7. The van der Waals surface area contributed by atoms with E-state index in [9.17, 15) is 9.90 Å². The molecule has 18 heavy (non-hydrogen) atoms. The third-order valence-electron chi connectivity index (χ3n) is 2.89. The molecule has 2 heterocycles. The molecule has 0 radical (unpaired) electrons. The average Bonchev–Trinajstić information content (AvgIpc) is 2.39. The maximum absolute atomic E-state index is 12.2. The lowest BCUT2D eigenvalue weighted by atomic mass is 10.2. The molecular weight excluding hydrogens is 234 g/mol. The predicted octanol–water partition coefficient (Wildman–Crippen LogP) is -0.152. The Morgan fingerprint density at radius 3 is 3.28 bits per heavy atom. The Bertz CT molecular complexity index is 423. The van der Waals surface area contributed by atoms with E-state index in [1.165, 1.54) is 18.5 Å². The lowest BCUT2D eigenvalue weighted by molar-refractivity contribution is -0.0197. The Kier molecular flexibility index (Phi) is 4.11. The molecule has 0 saturated carbocycles. The van der Waals surface area contributed by atoms with Crippen LogP contribution in [0.4, 0.5) is 0 Å². The Labute approximate surface area is 106 Å². The molecule has 0 aliphatic carbocycles. The van der Waals surface area contributed by atoms with Crippen LogP contribution in [0.1, 0.15) is 10.4 Å². The summed E-state index contributed by atoms with van der Waals surface area (Å²) in [6.07, 6.45) is 2.77. The third kappa shape index (κ3) is 2.77. The van der Waals surface area contributed by atoms with Gasteiger partial charge < -0.3 is 20.1 Å². The molecule has 2 rings (SSSR count). The van der Waals surface area contributed by atoms with Crippen molar-refractivity contribution < 1.29 is 14.6 Å². The number of hydrogen-bond donors (Lipinski definition) is 2. The van der Waals surface area contributed by atoms with E-state index in [4.69, 9.17) is 4.74 Å². The third-order valence-corrected chi connectivity index (χ3v) is 2.89. The standard InChI is InChI=1S/C12H17N3O3/c1-13-6-9-8-15(4-5-18-9)12(17)10-2-3-14-7-11(10)16/h2-3,7,9,13,16H,4-6,8H2,1H3. The number of hydrogen-bond acceptors (Lipinski definition) is 5. The number of morpholine rings is 1. The molecule has 1 aliphatic rings. The fourth-order valence-electron chi connectivity index (χ4n) is 1.99. The molecule has 1 atom stereocenters. The molecule has 6 nitrogen and oxygen atoms in total. The van der Waals surface area contributed by atoms with Crippen LogP contribution in [-0.2, 0) is 4.74 Å². The van der Waals surface area contributed by atoms with Gasteiger partial charge in [-0.25, -0.2) is 0 Å². The van der Waals surface area contributed by atoms with E-state index in [0.717, 1.165) is 0 Å². The van der Waals surface area contributed by atoms with Crippen LogP contribution in [0.15, 0.2) is 18.5 Å². The van der Waals surface area contributed by atoms with Crippen molar-refractivity contribution in [1.82, 2.24) is 15.2 Å². The van der Waals surface area contributed by atoms with Gasteiger partial charge in [0.2, 0.25) is 0 Å². The summed E-state index contributed by atoms with van der Waals surface area (Å²) in [5.41, 5.74) is 0.287. The second-order valence-corrected chi connectivity index (χ2v) is 4.19. The highest BCUT2D eigenvalue weighted by atomic mass is 16.5. The van der Waals surface area contributed by atoms with Crippen molar-refractivity contribution in [2.75, 3.05) is 33.3 Å². The largest absolute Gasteiger partial charge is 0.505 e. The monoisotopic (exact) mass is 251 g/mol. The van der Waals surface area contributed by atoms with E-state index in [2.05, 4.69) is 10.3 Å². The fraction of sp³-hybridized carbons (Fsp3) is 0.500. The van der Waals surface area contributed by atoms with Gasteiger partial charge in [0.15, 0.2) is 0 Å². The van der Waals surface area contributed by atoms with Gasteiger partial charge in [0.25, 0.3) is 5.91 Å². The number of amides is 1. The van der Waals surface area contributed by atoms with Crippen molar-refractivity contribution >= 4 is 5.91 Å². The maximum Gasteiger partial charge on any atom is 0.257 e. The van der Waals surface area contributed by atoms with Crippen LogP contribution in [0.5, 0.6) is 5.75 Å². The Hall–Kier alpha value is -1.66. The van der Waals surface area contributed by atoms with Crippen LogP contribution in [0.25, 0.3) is 0 Å². The molecule has 0 spiro atoms. The summed E-state index contributed by atoms with van der Waals surface area (Å²) in [4.78, 5) is 17.7. The molecule has 0 aromatic carbocycles. The van der Waals surface area contributed by atoms with E-state index in [1.54, 1.807) is 4.90 Å². The van der Waals surface area contributed by atoms with Crippen LogP contribution >= 0.6 is 0 Å². The Morgan fingerprint density at radius 1 is 1.72 bits per heavy atom. The quantitative estimate of drug-likeness (QED) is 0.781. The average molecular weight is 251 g/mol. The number of aromatic hydroxyl groups is 1. The topological polar surface area (TPSA) is 74.7 Å². The summed E-state index contributed by atoms with van der Waals surface area (Å²) in [6, 6.07) is 1.53. The molecule has 1 aromatic heterocycles. The Morgan fingerprint density at radius 2 is 2.56 bits per heavy atom. The summed E-state index contributed by atoms with van der Waals surface area (Å²) >= 11 is 0. The molecular formula is C12H17N3O3. The van der Waals surface area contributed by atoms with Gasteiger partial charge >= 0.3 is 0 Å². The minimum atomic E-state index is -0.181. The number of nitrogens with one attached hydrogen (secondary N) is 1. The van der Waals surface area contributed by atoms with Crippen LogP contribution < -0.4 is 5.32 Å². The number of aromatic nitrogens is 1. The molecule has 0 bridgehead atoms. The smallest absolute Gasteiger partial charge is 0.257 e. The van der Waals surface area contributed by atoms with Crippen LogP contribution in [0.3, 0.4) is 0 Å². The van der Waals surface area contributed by atoms with Crippen molar-refractivity contribution in [3.05, 3.63) is 24.0 Å². The number of nitrogens with zero attached hydrogens (tertiary/aromatic N) is 2. The van der Waals surface area contributed by atoms with Crippen molar-refractivity contribution in [1.29, 1.82) is 0 Å². The first-order valence-corrected chi connectivity index (χ1v) is 5.91. The SMILES string of the molecule is CNCC1CN(C(=O)c2ccncc2O)CCO1. The number of pyridine rings is 1. The first kappa shape index (κ1) is 12.8. The predicted molar refractivity (Wildman–Crippen MR) is 65.5 cm³/mol. The highest BCUT2D eigenvalue weighted by molar-refractivity contribution is 5.96.